The maximum absolute atomic E-state index is 11.8. The highest BCUT2D eigenvalue weighted by Crippen LogP contribution is 2.31. The number of aliphatic hydroxyl groups is 1. The number of anilines is 1. The van der Waals surface area contributed by atoms with Gasteiger partial charge in [0.2, 0.25) is 5.91 Å². The molecule has 1 aromatic rings. The molecule has 1 aliphatic rings. The molecule has 1 amide bonds. The van der Waals surface area contributed by atoms with Crippen molar-refractivity contribution in [2.45, 2.75) is 39.7 Å². The Morgan fingerprint density at radius 3 is 2.67 bits per heavy atom. The Kier molecular flexibility index (Phi) is 3.71. The van der Waals surface area contributed by atoms with Gasteiger partial charge in [0.15, 0.2) is 0 Å². The van der Waals surface area contributed by atoms with Gasteiger partial charge in [-0.25, -0.2) is 0 Å². The Morgan fingerprint density at radius 1 is 1.33 bits per heavy atom. The van der Waals surface area contributed by atoms with Gasteiger partial charge in [0.25, 0.3) is 0 Å². The average Bonchev–Trinajstić information content (AvgIpc) is 2.37. The van der Waals surface area contributed by atoms with E-state index in [0.29, 0.717) is 13.0 Å². The lowest BCUT2D eigenvalue weighted by molar-refractivity contribution is -0.118. The Morgan fingerprint density at radius 2 is 2.06 bits per heavy atom. The van der Waals surface area contributed by atoms with Crippen molar-refractivity contribution in [1.29, 1.82) is 0 Å². The SMILES string of the molecule is CCN1C(=O)CCc2cc(C(O)C(C)C)ccc21. The molecule has 0 aromatic heterocycles. The zero-order valence-corrected chi connectivity index (χ0v) is 11.3. The molecule has 98 valence electrons. The van der Waals surface area contributed by atoms with E-state index in [0.717, 1.165) is 17.7 Å². The highest BCUT2D eigenvalue weighted by Gasteiger charge is 2.24. The van der Waals surface area contributed by atoms with E-state index in [9.17, 15) is 9.90 Å². The molecule has 0 saturated carbocycles. The standard InChI is InChI=1S/C15H21NO2/c1-4-16-13-7-5-12(15(18)10(2)3)9-11(13)6-8-14(16)17/h5,7,9-10,15,18H,4,6,8H2,1-3H3. The molecule has 3 heteroatoms. The van der Waals surface area contributed by atoms with Gasteiger partial charge in [0.1, 0.15) is 0 Å². The zero-order chi connectivity index (χ0) is 13.3. The highest BCUT2D eigenvalue weighted by molar-refractivity contribution is 5.96. The topological polar surface area (TPSA) is 40.5 Å². The second kappa shape index (κ2) is 5.11. The minimum absolute atomic E-state index is 0.196. The zero-order valence-electron chi connectivity index (χ0n) is 11.3. The van der Waals surface area contributed by atoms with Crippen LogP contribution in [0.1, 0.15) is 44.4 Å². The van der Waals surface area contributed by atoms with E-state index in [1.54, 1.807) is 0 Å². The van der Waals surface area contributed by atoms with Crippen LogP contribution in [0.5, 0.6) is 0 Å². The fraction of sp³-hybridized carbons (Fsp3) is 0.533. The largest absolute Gasteiger partial charge is 0.388 e. The molecule has 1 heterocycles. The summed E-state index contributed by atoms with van der Waals surface area (Å²) in [7, 11) is 0. The fourth-order valence-electron chi connectivity index (χ4n) is 2.50. The summed E-state index contributed by atoms with van der Waals surface area (Å²) in [6.07, 6.45) is 0.925. The van der Waals surface area contributed by atoms with Crippen LogP contribution < -0.4 is 4.90 Å². The van der Waals surface area contributed by atoms with E-state index in [4.69, 9.17) is 0 Å². The number of rotatable bonds is 3. The first-order valence-corrected chi connectivity index (χ1v) is 6.65. The lowest BCUT2D eigenvalue weighted by Crippen LogP contribution is -2.34. The number of carbonyl (C=O) groups is 1. The molecule has 0 fully saturated rings. The van der Waals surface area contributed by atoms with Crippen molar-refractivity contribution in [3.05, 3.63) is 29.3 Å². The maximum atomic E-state index is 11.8. The van der Waals surface area contributed by atoms with Crippen molar-refractivity contribution in [2.24, 2.45) is 5.92 Å². The van der Waals surface area contributed by atoms with E-state index < -0.39 is 6.10 Å². The molecule has 1 aromatic carbocycles. The van der Waals surface area contributed by atoms with Crippen molar-refractivity contribution < 1.29 is 9.90 Å². The van der Waals surface area contributed by atoms with Crippen molar-refractivity contribution >= 4 is 11.6 Å². The number of fused-ring (bicyclic) bond motifs is 1. The van der Waals surface area contributed by atoms with Gasteiger partial charge in [-0.3, -0.25) is 4.79 Å². The van der Waals surface area contributed by atoms with Gasteiger partial charge < -0.3 is 10.0 Å². The second-order valence-corrected chi connectivity index (χ2v) is 5.22. The van der Waals surface area contributed by atoms with Gasteiger partial charge in [-0.2, -0.15) is 0 Å². The quantitative estimate of drug-likeness (QED) is 0.892. The van der Waals surface area contributed by atoms with Gasteiger partial charge in [0.05, 0.1) is 6.10 Å². The molecule has 0 bridgehead atoms. The molecule has 2 rings (SSSR count). The number of carbonyl (C=O) groups excluding carboxylic acids is 1. The Bertz CT molecular complexity index is 454. The molecule has 0 aliphatic carbocycles. The number of aliphatic hydroxyl groups excluding tert-OH is 1. The van der Waals surface area contributed by atoms with Crippen LogP contribution in [-0.4, -0.2) is 17.6 Å². The summed E-state index contributed by atoms with van der Waals surface area (Å²) in [4.78, 5) is 13.6. The number of nitrogens with zero attached hydrogens (tertiary/aromatic N) is 1. The van der Waals surface area contributed by atoms with Crippen molar-refractivity contribution in [1.82, 2.24) is 0 Å². The van der Waals surface area contributed by atoms with Crippen LogP contribution >= 0.6 is 0 Å². The molecule has 1 atom stereocenters. The first kappa shape index (κ1) is 13.1. The number of hydrogen-bond acceptors (Lipinski definition) is 2. The van der Waals surface area contributed by atoms with Crippen molar-refractivity contribution in [3.8, 4) is 0 Å². The molecule has 1 N–H and O–H groups in total. The molecule has 0 radical (unpaired) electrons. The summed E-state index contributed by atoms with van der Waals surface area (Å²) in [5.41, 5.74) is 3.14. The normalized spacial score (nSPS) is 16.9. The number of amides is 1. The van der Waals surface area contributed by atoms with E-state index in [-0.39, 0.29) is 11.8 Å². The Labute approximate surface area is 108 Å². The van der Waals surface area contributed by atoms with Crippen LogP contribution in [0.3, 0.4) is 0 Å². The predicted molar refractivity (Wildman–Crippen MR) is 72.6 cm³/mol. The maximum Gasteiger partial charge on any atom is 0.227 e. The van der Waals surface area contributed by atoms with E-state index in [1.807, 2.05) is 37.8 Å². The van der Waals surface area contributed by atoms with Crippen LogP contribution in [0.25, 0.3) is 0 Å². The second-order valence-electron chi connectivity index (χ2n) is 5.22. The molecule has 0 spiro atoms. The average molecular weight is 247 g/mol. The summed E-state index contributed by atoms with van der Waals surface area (Å²) in [5, 5.41) is 10.1. The van der Waals surface area contributed by atoms with Crippen LogP contribution in [0, 0.1) is 5.92 Å². The smallest absolute Gasteiger partial charge is 0.227 e. The minimum Gasteiger partial charge on any atom is -0.388 e. The molecular weight excluding hydrogens is 226 g/mol. The molecular formula is C15H21NO2. The van der Waals surface area contributed by atoms with Gasteiger partial charge in [-0.1, -0.05) is 26.0 Å². The number of benzene rings is 1. The first-order valence-electron chi connectivity index (χ1n) is 6.65. The summed E-state index contributed by atoms with van der Waals surface area (Å²) in [6, 6.07) is 5.96. The predicted octanol–water partition coefficient (Wildman–Crippen LogP) is 2.68. The third-order valence-corrected chi connectivity index (χ3v) is 3.59. The Balaban J connectivity index is 2.36. The van der Waals surface area contributed by atoms with Crippen LogP contribution in [0.2, 0.25) is 0 Å². The lowest BCUT2D eigenvalue weighted by atomic mass is 9.93. The van der Waals surface area contributed by atoms with Gasteiger partial charge >= 0.3 is 0 Å². The number of aryl methyl sites for hydroxylation is 1. The molecule has 3 nitrogen and oxygen atoms in total. The van der Waals surface area contributed by atoms with Crippen LogP contribution in [0.15, 0.2) is 18.2 Å². The van der Waals surface area contributed by atoms with Crippen LogP contribution in [0.4, 0.5) is 5.69 Å². The van der Waals surface area contributed by atoms with Crippen molar-refractivity contribution in [3.63, 3.8) is 0 Å². The summed E-state index contributed by atoms with van der Waals surface area (Å²) < 4.78 is 0. The molecule has 1 aliphatic heterocycles. The molecule has 18 heavy (non-hydrogen) atoms. The summed E-state index contributed by atoms with van der Waals surface area (Å²) in [6.45, 7) is 6.71. The monoisotopic (exact) mass is 247 g/mol. The van der Waals surface area contributed by atoms with Gasteiger partial charge in [-0.15, -0.1) is 0 Å². The fourth-order valence-corrected chi connectivity index (χ4v) is 2.50. The summed E-state index contributed by atoms with van der Waals surface area (Å²) in [5.74, 6) is 0.401. The first-order chi connectivity index (χ1) is 8.54. The van der Waals surface area contributed by atoms with Gasteiger partial charge in [-0.05, 0) is 36.5 Å². The van der Waals surface area contributed by atoms with E-state index in [2.05, 4.69) is 6.07 Å². The lowest BCUT2D eigenvalue weighted by Gasteiger charge is -2.29. The van der Waals surface area contributed by atoms with E-state index in [1.165, 1.54) is 5.56 Å². The minimum atomic E-state index is -0.428. The summed E-state index contributed by atoms with van der Waals surface area (Å²) >= 11 is 0. The molecule has 0 saturated heterocycles. The molecule has 1 unspecified atom stereocenters. The number of hydrogen-bond donors (Lipinski definition) is 1. The van der Waals surface area contributed by atoms with Crippen molar-refractivity contribution in [2.75, 3.05) is 11.4 Å². The van der Waals surface area contributed by atoms with E-state index >= 15 is 0 Å². The van der Waals surface area contributed by atoms with Crippen LogP contribution in [-0.2, 0) is 11.2 Å². The third-order valence-electron chi connectivity index (χ3n) is 3.59. The Hall–Kier alpha value is -1.35. The highest BCUT2D eigenvalue weighted by atomic mass is 16.3. The third kappa shape index (κ3) is 2.27. The van der Waals surface area contributed by atoms with Gasteiger partial charge in [0, 0.05) is 18.7 Å².